The molecule has 1 aromatic carbocycles. The van der Waals surface area contributed by atoms with Gasteiger partial charge in [0.1, 0.15) is 0 Å². The first-order valence-electron chi connectivity index (χ1n) is 6.04. The minimum Gasteiger partial charge on any atom is -0.397 e. The molecule has 104 valence electrons. The monoisotopic (exact) mass is 283 g/mol. The van der Waals surface area contributed by atoms with Crippen LogP contribution < -0.4 is 16.8 Å². The summed E-state index contributed by atoms with van der Waals surface area (Å²) in [5.74, 6) is -0.214. The molecule has 1 saturated heterocycles. The average molecular weight is 283 g/mol. The summed E-state index contributed by atoms with van der Waals surface area (Å²) in [6.07, 6.45) is 1.40. The first kappa shape index (κ1) is 13.7. The maximum Gasteiger partial charge on any atom is 0.248 e. The third-order valence-corrected chi connectivity index (χ3v) is 4.98. The molecule has 0 radical (unpaired) electrons. The van der Waals surface area contributed by atoms with Crippen LogP contribution in [0, 0.1) is 0 Å². The van der Waals surface area contributed by atoms with E-state index in [0.717, 1.165) is 6.42 Å². The maximum absolute atomic E-state index is 11.6. The van der Waals surface area contributed by atoms with E-state index in [9.17, 15) is 13.2 Å². The zero-order chi connectivity index (χ0) is 14.0. The topological polar surface area (TPSA) is 115 Å². The Morgan fingerprint density at radius 2 is 2.11 bits per heavy atom. The lowest BCUT2D eigenvalue weighted by atomic mass is 10.1. The highest BCUT2D eigenvalue weighted by Gasteiger charge is 2.25. The predicted octanol–water partition coefficient (Wildman–Crippen LogP) is 0.357. The molecule has 1 atom stereocenters. The SMILES string of the molecule is NC(=O)c1ccc(N)c(NC2CCCS(=O)(=O)C2)c1. The Morgan fingerprint density at radius 3 is 2.74 bits per heavy atom. The van der Waals surface area contributed by atoms with Crippen molar-refractivity contribution in [2.24, 2.45) is 5.73 Å². The maximum atomic E-state index is 11.6. The van der Waals surface area contributed by atoms with E-state index in [2.05, 4.69) is 5.32 Å². The highest BCUT2D eigenvalue weighted by atomic mass is 32.2. The fourth-order valence-corrected chi connectivity index (χ4v) is 3.83. The quantitative estimate of drug-likeness (QED) is 0.693. The van der Waals surface area contributed by atoms with Crippen LogP contribution in [-0.4, -0.2) is 31.9 Å². The summed E-state index contributed by atoms with van der Waals surface area (Å²) in [7, 11) is -2.99. The molecule has 0 aromatic heterocycles. The fraction of sp³-hybridized carbons (Fsp3) is 0.417. The lowest BCUT2D eigenvalue weighted by molar-refractivity contribution is 0.100. The summed E-state index contributed by atoms with van der Waals surface area (Å²) >= 11 is 0. The van der Waals surface area contributed by atoms with Gasteiger partial charge in [-0.1, -0.05) is 0 Å². The third kappa shape index (κ3) is 3.37. The van der Waals surface area contributed by atoms with Gasteiger partial charge in [-0.2, -0.15) is 0 Å². The van der Waals surface area contributed by atoms with Gasteiger partial charge >= 0.3 is 0 Å². The number of anilines is 2. The molecule has 2 rings (SSSR count). The van der Waals surface area contributed by atoms with Crippen LogP contribution in [0.2, 0.25) is 0 Å². The Bertz CT molecular complexity index is 598. The number of nitrogens with two attached hydrogens (primary N) is 2. The summed E-state index contributed by atoms with van der Waals surface area (Å²) < 4.78 is 23.1. The van der Waals surface area contributed by atoms with Crippen LogP contribution in [-0.2, 0) is 9.84 Å². The van der Waals surface area contributed by atoms with E-state index in [1.807, 2.05) is 0 Å². The van der Waals surface area contributed by atoms with Gasteiger partial charge in [-0.05, 0) is 31.0 Å². The van der Waals surface area contributed by atoms with Gasteiger partial charge in [0.15, 0.2) is 9.84 Å². The molecule has 6 nitrogen and oxygen atoms in total. The largest absolute Gasteiger partial charge is 0.397 e. The third-order valence-electron chi connectivity index (χ3n) is 3.16. The van der Waals surface area contributed by atoms with Crippen LogP contribution in [0.1, 0.15) is 23.2 Å². The van der Waals surface area contributed by atoms with Gasteiger partial charge in [-0.3, -0.25) is 4.79 Å². The van der Waals surface area contributed by atoms with Crippen molar-refractivity contribution in [2.45, 2.75) is 18.9 Å². The first-order chi connectivity index (χ1) is 8.87. The second-order valence-electron chi connectivity index (χ2n) is 4.76. The molecule has 5 N–H and O–H groups in total. The van der Waals surface area contributed by atoms with Crippen LogP contribution in [0.5, 0.6) is 0 Å². The smallest absolute Gasteiger partial charge is 0.248 e. The summed E-state index contributed by atoms with van der Waals surface area (Å²) in [6, 6.07) is 4.50. The van der Waals surface area contributed by atoms with E-state index < -0.39 is 15.7 Å². The van der Waals surface area contributed by atoms with Crippen molar-refractivity contribution < 1.29 is 13.2 Å². The standard InChI is InChI=1S/C12H17N3O3S/c13-10-4-3-8(12(14)16)6-11(10)15-9-2-1-5-19(17,18)7-9/h3-4,6,9,15H,1-2,5,7,13H2,(H2,14,16). The molecule has 19 heavy (non-hydrogen) atoms. The van der Waals surface area contributed by atoms with E-state index in [-0.39, 0.29) is 17.5 Å². The number of sulfone groups is 1. The molecule has 0 bridgehead atoms. The molecular formula is C12H17N3O3S. The van der Waals surface area contributed by atoms with Crippen molar-refractivity contribution in [1.82, 2.24) is 0 Å². The Morgan fingerprint density at radius 1 is 1.37 bits per heavy atom. The number of carbonyl (C=O) groups excluding carboxylic acids is 1. The second-order valence-corrected chi connectivity index (χ2v) is 6.99. The van der Waals surface area contributed by atoms with Crippen LogP contribution >= 0.6 is 0 Å². The van der Waals surface area contributed by atoms with Gasteiger partial charge in [0.25, 0.3) is 0 Å². The number of primary amides is 1. The van der Waals surface area contributed by atoms with Gasteiger partial charge in [-0.15, -0.1) is 0 Å². The first-order valence-corrected chi connectivity index (χ1v) is 7.86. The molecule has 1 amide bonds. The van der Waals surface area contributed by atoms with Crippen molar-refractivity contribution in [2.75, 3.05) is 22.6 Å². The van der Waals surface area contributed by atoms with E-state index in [1.54, 1.807) is 18.2 Å². The Labute approximate surface area is 112 Å². The number of carbonyl (C=O) groups is 1. The molecule has 1 aliphatic rings. The molecule has 1 aromatic rings. The molecule has 1 unspecified atom stereocenters. The normalized spacial score (nSPS) is 21.8. The number of rotatable bonds is 3. The fourth-order valence-electron chi connectivity index (χ4n) is 2.19. The van der Waals surface area contributed by atoms with Crippen molar-refractivity contribution in [3.05, 3.63) is 23.8 Å². The van der Waals surface area contributed by atoms with Gasteiger partial charge in [-0.25, -0.2) is 8.42 Å². The van der Waals surface area contributed by atoms with Gasteiger partial charge in [0.05, 0.1) is 22.9 Å². The number of hydrogen-bond acceptors (Lipinski definition) is 5. The predicted molar refractivity (Wildman–Crippen MR) is 74.7 cm³/mol. The summed E-state index contributed by atoms with van der Waals surface area (Å²) in [5.41, 5.74) is 12.4. The molecular weight excluding hydrogens is 266 g/mol. The highest BCUT2D eigenvalue weighted by molar-refractivity contribution is 7.91. The Kier molecular flexibility index (Phi) is 3.66. The van der Waals surface area contributed by atoms with E-state index >= 15 is 0 Å². The second kappa shape index (κ2) is 5.08. The van der Waals surface area contributed by atoms with Crippen molar-refractivity contribution >= 4 is 27.1 Å². The Hall–Kier alpha value is -1.76. The molecule has 1 fully saturated rings. The van der Waals surface area contributed by atoms with Gasteiger partial charge in [0, 0.05) is 11.6 Å². The van der Waals surface area contributed by atoms with E-state index in [0.29, 0.717) is 23.4 Å². The van der Waals surface area contributed by atoms with Crippen molar-refractivity contribution in [3.63, 3.8) is 0 Å². The van der Waals surface area contributed by atoms with Crippen molar-refractivity contribution in [1.29, 1.82) is 0 Å². The Balaban J connectivity index is 2.18. The van der Waals surface area contributed by atoms with E-state index in [1.165, 1.54) is 0 Å². The zero-order valence-electron chi connectivity index (χ0n) is 10.4. The number of nitrogens with one attached hydrogen (secondary N) is 1. The van der Waals surface area contributed by atoms with E-state index in [4.69, 9.17) is 11.5 Å². The van der Waals surface area contributed by atoms with Gasteiger partial charge < -0.3 is 16.8 Å². The minimum absolute atomic E-state index is 0.0905. The number of hydrogen-bond donors (Lipinski definition) is 3. The van der Waals surface area contributed by atoms with Crippen LogP contribution in [0.15, 0.2) is 18.2 Å². The molecule has 1 heterocycles. The van der Waals surface area contributed by atoms with Crippen LogP contribution in [0.3, 0.4) is 0 Å². The van der Waals surface area contributed by atoms with Crippen molar-refractivity contribution in [3.8, 4) is 0 Å². The average Bonchev–Trinajstić information content (AvgIpc) is 2.30. The highest BCUT2D eigenvalue weighted by Crippen LogP contribution is 2.23. The van der Waals surface area contributed by atoms with Gasteiger partial charge in [0.2, 0.25) is 5.91 Å². The van der Waals surface area contributed by atoms with Crippen LogP contribution in [0.25, 0.3) is 0 Å². The molecule has 0 saturated carbocycles. The summed E-state index contributed by atoms with van der Waals surface area (Å²) in [4.78, 5) is 11.1. The minimum atomic E-state index is -2.99. The molecule has 0 aliphatic carbocycles. The number of amides is 1. The summed E-state index contributed by atoms with van der Waals surface area (Å²) in [5, 5.41) is 3.09. The lowest BCUT2D eigenvalue weighted by Crippen LogP contribution is -2.35. The number of nitrogen functional groups attached to an aromatic ring is 1. The molecule has 7 heteroatoms. The molecule has 0 spiro atoms. The number of benzene rings is 1. The lowest BCUT2D eigenvalue weighted by Gasteiger charge is -2.24. The summed E-state index contributed by atoms with van der Waals surface area (Å²) in [6.45, 7) is 0. The van der Waals surface area contributed by atoms with Crippen LogP contribution in [0.4, 0.5) is 11.4 Å². The molecule has 1 aliphatic heterocycles. The zero-order valence-corrected chi connectivity index (χ0v) is 11.2.